The highest BCUT2D eigenvalue weighted by Gasteiger charge is 2.22. The van der Waals surface area contributed by atoms with Crippen LogP contribution >= 0.6 is 49.9 Å². The fraction of sp³-hybridized carbons (Fsp3) is 0.308. The summed E-state index contributed by atoms with van der Waals surface area (Å²) < 4.78 is 2.27. The molecule has 18 heavy (non-hydrogen) atoms. The summed E-state index contributed by atoms with van der Waals surface area (Å²) in [5.74, 6) is 0. The van der Waals surface area contributed by atoms with Crippen LogP contribution in [-0.4, -0.2) is 4.98 Å². The third kappa shape index (κ3) is 2.72. The first kappa shape index (κ1) is 12.9. The van der Waals surface area contributed by atoms with Crippen molar-refractivity contribution in [3.8, 4) is 0 Å². The molecule has 0 amide bonds. The van der Waals surface area contributed by atoms with Crippen molar-refractivity contribution in [2.24, 2.45) is 0 Å². The number of rotatable bonds is 2. The third-order valence-corrected chi connectivity index (χ3v) is 5.59. The number of hydrogen-bond donors (Lipinski definition) is 1. The van der Waals surface area contributed by atoms with Gasteiger partial charge in [0.15, 0.2) is 0 Å². The van der Waals surface area contributed by atoms with Gasteiger partial charge in [0, 0.05) is 4.88 Å². The van der Waals surface area contributed by atoms with E-state index in [-0.39, 0.29) is 0 Å². The topological polar surface area (TPSA) is 24.9 Å². The Kier molecular flexibility index (Phi) is 3.91. The van der Waals surface area contributed by atoms with Crippen LogP contribution in [0.3, 0.4) is 0 Å². The molecule has 0 bridgehead atoms. The zero-order valence-corrected chi connectivity index (χ0v) is 14.2. The predicted octanol–water partition coefficient (Wildman–Crippen LogP) is 5.00. The van der Waals surface area contributed by atoms with Gasteiger partial charge in [-0.2, -0.15) is 0 Å². The standard InChI is InChI=1S/C13H12BrIN2S/c14-12-5-4-8(7-16-12)17-10-2-1-3-11-9(10)6-13(15)18-11/h4-7,10,17H,1-3H2. The summed E-state index contributed by atoms with van der Waals surface area (Å²) in [5.41, 5.74) is 2.58. The highest BCUT2D eigenvalue weighted by Crippen LogP contribution is 2.37. The van der Waals surface area contributed by atoms with Gasteiger partial charge >= 0.3 is 0 Å². The van der Waals surface area contributed by atoms with E-state index in [1.54, 1.807) is 4.88 Å². The Balaban J connectivity index is 1.83. The van der Waals surface area contributed by atoms with Crippen molar-refractivity contribution in [2.75, 3.05) is 5.32 Å². The first-order chi connectivity index (χ1) is 8.72. The molecule has 0 spiro atoms. The summed E-state index contributed by atoms with van der Waals surface area (Å²) in [6.45, 7) is 0. The van der Waals surface area contributed by atoms with Crippen LogP contribution in [0, 0.1) is 2.88 Å². The van der Waals surface area contributed by atoms with Crippen LogP contribution in [-0.2, 0) is 6.42 Å². The van der Waals surface area contributed by atoms with Gasteiger partial charge in [-0.15, -0.1) is 11.3 Å². The van der Waals surface area contributed by atoms with Gasteiger partial charge in [-0.05, 0) is 81.5 Å². The Hall–Kier alpha value is -0.140. The van der Waals surface area contributed by atoms with Gasteiger partial charge in [-0.3, -0.25) is 0 Å². The van der Waals surface area contributed by atoms with Gasteiger partial charge in [0.1, 0.15) is 4.60 Å². The quantitative estimate of drug-likeness (QED) is 0.531. The number of thiophene rings is 1. The lowest BCUT2D eigenvalue weighted by Crippen LogP contribution is -2.15. The second-order valence-corrected chi connectivity index (χ2v) is 8.23. The number of nitrogens with zero attached hydrogens (tertiary/aromatic N) is 1. The summed E-state index contributed by atoms with van der Waals surface area (Å²) in [5, 5.41) is 3.60. The Bertz CT molecular complexity index is 553. The smallest absolute Gasteiger partial charge is 0.106 e. The van der Waals surface area contributed by atoms with E-state index >= 15 is 0 Å². The van der Waals surface area contributed by atoms with Crippen LogP contribution in [0.4, 0.5) is 5.69 Å². The Labute approximate surface area is 132 Å². The number of nitrogens with one attached hydrogen (secondary N) is 1. The molecule has 1 aliphatic rings. The van der Waals surface area contributed by atoms with Crippen molar-refractivity contribution in [2.45, 2.75) is 25.3 Å². The number of anilines is 1. The third-order valence-electron chi connectivity index (χ3n) is 3.15. The summed E-state index contributed by atoms with van der Waals surface area (Å²) in [6, 6.07) is 6.81. The normalized spacial score (nSPS) is 18.4. The number of aryl methyl sites for hydroxylation is 1. The molecule has 0 aromatic carbocycles. The molecule has 2 heterocycles. The van der Waals surface area contributed by atoms with Crippen LogP contribution in [0.25, 0.3) is 0 Å². The monoisotopic (exact) mass is 434 g/mol. The zero-order chi connectivity index (χ0) is 12.5. The Morgan fingerprint density at radius 2 is 2.33 bits per heavy atom. The first-order valence-corrected chi connectivity index (χ1v) is 8.57. The van der Waals surface area contributed by atoms with Crippen LogP contribution in [0.5, 0.6) is 0 Å². The molecule has 0 saturated heterocycles. The zero-order valence-electron chi connectivity index (χ0n) is 9.62. The van der Waals surface area contributed by atoms with Crippen LogP contribution < -0.4 is 5.32 Å². The van der Waals surface area contributed by atoms with Gasteiger partial charge in [0.05, 0.1) is 20.8 Å². The van der Waals surface area contributed by atoms with Gasteiger partial charge in [-0.25, -0.2) is 4.98 Å². The molecule has 1 atom stereocenters. The maximum absolute atomic E-state index is 4.26. The molecular formula is C13H12BrIN2S. The van der Waals surface area contributed by atoms with Crippen molar-refractivity contribution in [3.63, 3.8) is 0 Å². The molecule has 1 aliphatic carbocycles. The molecule has 94 valence electrons. The average molecular weight is 435 g/mol. The molecule has 5 heteroatoms. The van der Waals surface area contributed by atoms with E-state index in [1.165, 1.54) is 27.7 Å². The maximum Gasteiger partial charge on any atom is 0.106 e. The van der Waals surface area contributed by atoms with Crippen LogP contribution in [0.2, 0.25) is 0 Å². The summed E-state index contributed by atoms with van der Waals surface area (Å²) >= 11 is 7.71. The summed E-state index contributed by atoms with van der Waals surface area (Å²) in [7, 11) is 0. The Morgan fingerprint density at radius 3 is 3.11 bits per heavy atom. The lowest BCUT2D eigenvalue weighted by molar-refractivity contribution is 0.608. The van der Waals surface area contributed by atoms with Crippen molar-refractivity contribution >= 4 is 55.5 Å². The lowest BCUT2D eigenvalue weighted by Gasteiger charge is -2.24. The van der Waals surface area contributed by atoms with Crippen molar-refractivity contribution in [3.05, 3.63) is 42.3 Å². The van der Waals surface area contributed by atoms with Crippen molar-refractivity contribution < 1.29 is 0 Å². The van der Waals surface area contributed by atoms with E-state index in [1.807, 2.05) is 23.6 Å². The van der Waals surface area contributed by atoms with E-state index in [0.29, 0.717) is 6.04 Å². The van der Waals surface area contributed by atoms with Gasteiger partial charge in [-0.1, -0.05) is 0 Å². The number of halogens is 2. The summed E-state index contributed by atoms with van der Waals surface area (Å²) in [6.07, 6.45) is 5.59. The highest BCUT2D eigenvalue weighted by molar-refractivity contribution is 14.1. The van der Waals surface area contributed by atoms with Crippen LogP contribution in [0.1, 0.15) is 29.3 Å². The number of fused-ring (bicyclic) bond motifs is 1. The van der Waals surface area contributed by atoms with E-state index in [2.05, 4.69) is 61.0 Å². The van der Waals surface area contributed by atoms with Crippen molar-refractivity contribution in [1.82, 2.24) is 4.98 Å². The molecular weight excluding hydrogens is 423 g/mol. The van der Waals surface area contributed by atoms with E-state index in [4.69, 9.17) is 0 Å². The predicted molar refractivity (Wildman–Crippen MR) is 88.3 cm³/mol. The van der Waals surface area contributed by atoms with Gasteiger partial charge < -0.3 is 5.32 Å². The molecule has 1 N–H and O–H groups in total. The number of hydrogen-bond acceptors (Lipinski definition) is 3. The molecule has 1 unspecified atom stereocenters. The Morgan fingerprint density at radius 1 is 1.44 bits per heavy atom. The highest BCUT2D eigenvalue weighted by atomic mass is 127. The molecule has 2 nitrogen and oxygen atoms in total. The molecule has 2 aromatic rings. The maximum atomic E-state index is 4.26. The molecule has 0 saturated carbocycles. The van der Waals surface area contributed by atoms with E-state index in [9.17, 15) is 0 Å². The molecule has 2 aromatic heterocycles. The van der Waals surface area contributed by atoms with Crippen molar-refractivity contribution in [1.29, 1.82) is 0 Å². The minimum atomic E-state index is 0.441. The fourth-order valence-corrected chi connectivity index (χ4v) is 4.69. The molecule has 0 radical (unpaired) electrons. The number of aromatic nitrogens is 1. The summed E-state index contributed by atoms with van der Waals surface area (Å²) in [4.78, 5) is 5.81. The van der Waals surface area contributed by atoms with Gasteiger partial charge in [0.25, 0.3) is 0 Å². The molecule has 0 aliphatic heterocycles. The first-order valence-electron chi connectivity index (χ1n) is 5.88. The minimum Gasteiger partial charge on any atom is -0.377 e. The number of pyridine rings is 1. The second kappa shape index (κ2) is 5.46. The lowest BCUT2D eigenvalue weighted by atomic mass is 9.94. The van der Waals surface area contributed by atoms with Gasteiger partial charge in [0.2, 0.25) is 0 Å². The second-order valence-electron chi connectivity index (χ2n) is 4.39. The molecule has 0 fully saturated rings. The molecule has 3 rings (SSSR count). The SMILES string of the molecule is Brc1ccc(NC2CCCc3sc(I)cc32)cn1. The van der Waals surface area contributed by atoms with E-state index < -0.39 is 0 Å². The largest absolute Gasteiger partial charge is 0.377 e. The van der Waals surface area contributed by atoms with E-state index in [0.717, 1.165) is 10.3 Å². The fourth-order valence-electron chi connectivity index (χ4n) is 2.33. The minimum absolute atomic E-state index is 0.441. The van der Waals surface area contributed by atoms with Crippen LogP contribution in [0.15, 0.2) is 29.0 Å². The average Bonchev–Trinajstić information content (AvgIpc) is 2.73.